The molecule has 6 heteroatoms. The Kier molecular flexibility index (Phi) is 6.16. The number of nitrogens with one attached hydrogen (secondary N) is 2. The van der Waals surface area contributed by atoms with Crippen molar-refractivity contribution < 1.29 is 14.3 Å². The number of hydrogen-bond donors (Lipinski definition) is 2. The van der Waals surface area contributed by atoms with Crippen LogP contribution >= 0.6 is 11.6 Å². The maximum Gasteiger partial charge on any atom is 0.267 e. The number of carbonyl (C=O) groups is 2. The van der Waals surface area contributed by atoms with E-state index in [1.165, 1.54) is 0 Å². The summed E-state index contributed by atoms with van der Waals surface area (Å²) < 4.78 is 5.80. The average molecular weight is 389 g/mol. The van der Waals surface area contributed by atoms with Gasteiger partial charge < -0.3 is 15.4 Å². The van der Waals surface area contributed by atoms with E-state index < -0.39 is 5.60 Å². The van der Waals surface area contributed by atoms with E-state index in [1.807, 2.05) is 20.8 Å². The zero-order valence-corrected chi connectivity index (χ0v) is 17.0. The highest BCUT2D eigenvalue weighted by atomic mass is 35.5. The zero-order chi connectivity index (χ0) is 20.2. The van der Waals surface area contributed by atoms with Crippen LogP contribution in [0.25, 0.3) is 0 Å². The molecule has 2 aromatic rings. The maximum atomic E-state index is 12.8. The van der Waals surface area contributed by atoms with E-state index in [1.54, 1.807) is 62.4 Å². The van der Waals surface area contributed by atoms with Crippen LogP contribution in [-0.2, 0) is 4.79 Å². The van der Waals surface area contributed by atoms with Gasteiger partial charge in [-0.2, -0.15) is 0 Å². The Balaban J connectivity index is 2.17. The molecule has 0 heterocycles. The van der Waals surface area contributed by atoms with Crippen LogP contribution in [0.2, 0.25) is 5.02 Å². The number of anilines is 1. The second-order valence-corrected chi connectivity index (χ2v) is 8.21. The number of halogens is 1. The highest BCUT2D eigenvalue weighted by Gasteiger charge is 2.31. The SMILES string of the molecule is CC(C)(C)NC(=O)c1ccccc1NC(=O)C(C)(C)Oc1ccc(Cl)cc1. The minimum atomic E-state index is -1.15. The van der Waals surface area contributed by atoms with Gasteiger partial charge in [-0.3, -0.25) is 9.59 Å². The van der Waals surface area contributed by atoms with Crippen molar-refractivity contribution in [3.63, 3.8) is 0 Å². The van der Waals surface area contributed by atoms with Crippen molar-refractivity contribution in [2.45, 2.75) is 45.8 Å². The third kappa shape index (κ3) is 6.00. The molecule has 0 fully saturated rings. The second kappa shape index (κ2) is 8.01. The highest BCUT2D eigenvalue weighted by molar-refractivity contribution is 6.30. The summed E-state index contributed by atoms with van der Waals surface area (Å²) in [6.07, 6.45) is 0. The van der Waals surface area contributed by atoms with Gasteiger partial charge in [0.2, 0.25) is 0 Å². The summed E-state index contributed by atoms with van der Waals surface area (Å²) in [5, 5.41) is 6.28. The van der Waals surface area contributed by atoms with Gasteiger partial charge in [0.15, 0.2) is 5.60 Å². The molecule has 0 aliphatic heterocycles. The second-order valence-electron chi connectivity index (χ2n) is 7.77. The highest BCUT2D eigenvalue weighted by Crippen LogP contribution is 2.23. The monoisotopic (exact) mass is 388 g/mol. The van der Waals surface area contributed by atoms with Crippen molar-refractivity contribution in [2.24, 2.45) is 0 Å². The molecule has 5 nitrogen and oxygen atoms in total. The third-order valence-electron chi connectivity index (χ3n) is 3.64. The molecule has 0 bridgehead atoms. The molecule has 0 aliphatic carbocycles. The van der Waals surface area contributed by atoms with E-state index in [2.05, 4.69) is 10.6 Å². The number of hydrogen-bond acceptors (Lipinski definition) is 3. The van der Waals surface area contributed by atoms with Crippen LogP contribution in [0.3, 0.4) is 0 Å². The van der Waals surface area contributed by atoms with Gasteiger partial charge in [0.05, 0.1) is 11.3 Å². The average Bonchev–Trinajstić information content (AvgIpc) is 2.55. The lowest BCUT2D eigenvalue weighted by molar-refractivity contribution is -0.128. The van der Waals surface area contributed by atoms with Crippen molar-refractivity contribution in [3.8, 4) is 5.75 Å². The minimum Gasteiger partial charge on any atom is -0.478 e. The number of rotatable bonds is 5. The molecule has 0 atom stereocenters. The third-order valence-corrected chi connectivity index (χ3v) is 3.89. The number of para-hydroxylation sites is 1. The fourth-order valence-corrected chi connectivity index (χ4v) is 2.44. The molecule has 0 unspecified atom stereocenters. The Morgan fingerprint density at radius 1 is 0.926 bits per heavy atom. The fraction of sp³-hybridized carbons (Fsp3) is 0.333. The summed E-state index contributed by atoms with van der Waals surface area (Å²) in [6, 6.07) is 13.6. The van der Waals surface area contributed by atoms with Crippen LogP contribution in [-0.4, -0.2) is 23.0 Å². The quantitative estimate of drug-likeness (QED) is 0.782. The first-order chi connectivity index (χ1) is 12.5. The van der Waals surface area contributed by atoms with Gasteiger partial charge in [-0.05, 0) is 71.0 Å². The van der Waals surface area contributed by atoms with Crippen LogP contribution in [0.1, 0.15) is 45.0 Å². The molecule has 2 aromatic carbocycles. The Hall–Kier alpha value is -2.53. The van der Waals surface area contributed by atoms with E-state index in [9.17, 15) is 9.59 Å². The maximum absolute atomic E-state index is 12.8. The van der Waals surface area contributed by atoms with Crippen molar-refractivity contribution in [2.75, 3.05) is 5.32 Å². The summed E-state index contributed by atoms with van der Waals surface area (Å²) in [5.41, 5.74) is -0.716. The predicted octanol–water partition coefficient (Wildman–Crippen LogP) is 4.66. The predicted molar refractivity (Wildman–Crippen MR) is 108 cm³/mol. The van der Waals surface area contributed by atoms with Gasteiger partial charge in [0, 0.05) is 10.6 Å². The lowest BCUT2D eigenvalue weighted by atomic mass is 10.1. The summed E-state index contributed by atoms with van der Waals surface area (Å²) in [6.45, 7) is 9.02. The van der Waals surface area contributed by atoms with Crippen molar-refractivity contribution in [1.82, 2.24) is 5.32 Å². The summed E-state index contributed by atoms with van der Waals surface area (Å²) in [5.74, 6) is -0.0957. The molecule has 0 spiro atoms. The van der Waals surface area contributed by atoms with Crippen LogP contribution in [0.4, 0.5) is 5.69 Å². The van der Waals surface area contributed by atoms with Gasteiger partial charge in [0.25, 0.3) is 11.8 Å². The van der Waals surface area contributed by atoms with Gasteiger partial charge in [-0.15, -0.1) is 0 Å². The van der Waals surface area contributed by atoms with Gasteiger partial charge in [-0.1, -0.05) is 23.7 Å². The van der Waals surface area contributed by atoms with E-state index in [4.69, 9.17) is 16.3 Å². The fourth-order valence-electron chi connectivity index (χ4n) is 2.31. The zero-order valence-electron chi connectivity index (χ0n) is 16.2. The largest absolute Gasteiger partial charge is 0.478 e. The molecule has 2 N–H and O–H groups in total. The normalized spacial score (nSPS) is 11.6. The number of carbonyl (C=O) groups excluding carboxylic acids is 2. The Morgan fingerprint density at radius 2 is 1.52 bits per heavy atom. The topological polar surface area (TPSA) is 67.4 Å². The standard InChI is InChI=1S/C21H25ClN2O3/c1-20(2,3)24-18(25)16-8-6-7-9-17(16)23-19(26)21(4,5)27-15-12-10-14(22)11-13-15/h6-13H,1-5H3,(H,23,26)(H,24,25). The van der Waals surface area contributed by atoms with E-state index >= 15 is 0 Å². The molecule has 144 valence electrons. The first-order valence-corrected chi connectivity index (χ1v) is 9.03. The Labute approximate surface area is 165 Å². The van der Waals surface area contributed by atoms with Crippen LogP contribution < -0.4 is 15.4 Å². The molecular formula is C21H25ClN2O3. The lowest BCUT2D eigenvalue weighted by Crippen LogP contribution is -2.43. The molecule has 2 rings (SSSR count). The molecule has 27 heavy (non-hydrogen) atoms. The minimum absolute atomic E-state index is 0.255. The molecular weight excluding hydrogens is 364 g/mol. The summed E-state index contributed by atoms with van der Waals surface area (Å²) in [4.78, 5) is 25.3. The number of amides is 2. The summed E-state index contributed by atoms with van der Waals surface area (Å²) in [7, 11) is 0. The number of benzene rings is 2. The van der Waals surface area contributed by atoms with Crippen LogP contribution in [0.15, 0.2) is 48.5 Å². The first-order valence-electron chi connectivity index (χ1n) is 8.65. The van der Waals surface area contributed by atoms with Gasteiger partial charge >= 0.3 is 0 Å². The molecule has 0 aliphatic rings. The van der Waals surface area contributed by atoms with Crippen LogP contribution in [0.5, 0.6) is 5.75 Å². The van der Waals surface area contributed by atoms with E-state index in [0.717, 1.165) is 0 Å². The van der Waals surface area contributed by atoms with Crippen LogP contribution in [0, 0.1) is 0 Å². The molecule has 0 aromatic heterocycles. The molecule has 2 amide bonds. The van der Waals surface area contributed by atoms with E-state index in [0.29, 0.717) is 22.0 Å². The number of ether oxygens (including phenoxy) is 1. The summed E-state index contributed by atoms with van der Waals surface area (Å²) >= 11 is 5.87. The van der Waals surface area contributed by atoms with E-state index in [-0.39, 0.29) is 17.4 Å². The van der Waals surface area contributed by atoms with Crippen molar-refractivity contribution >= 4 is 29.1 Å². The molecule has 0 radical (unpaired) electrons. The van der Waals surface area contributed by atoms with Crippen molar-refractivity contribution in [3.05, 3.63) is 59.1 Å². The van der Waals surface area contributed by atoms with Gasteiger partial charge in [-0.25, -0.2) is 0 Å². The molecule has 0 saturated carbocycles. The van der Waals surface area contributed by atoms with Gasteiger partial charge in [0.1, 0.15) is 5.75 Å². The first kappa shape index (κ1) is 20.8. The Morgan fingerprint density at radius 3 is 2.11 bits per heavy atom. The lowest BCUT2D eigenvalue weighted by Gasteiger charge is -2.26. The molecule has 0 saturated heterocycles. The van der Waals surface area contributed by atoms with Crippen molar-refractivity contribution in [1.29, 1.82) is 0 Å². The Bertz CT molecular complexity index is 824. The smallest absolute Gasteiger partial charge is 0.267 e.